The van der Waals surface area contributed by atoms with E-state index in [0.29, 0.717) is 6.54 Å². The Hall–Kier alpha value is -0.990. The molecule has 0 atom stereocenters. The molecule has 1 rings (SSSR count). The number of hydrogen-bond acceptors (Lipinski definition) is 1. The highest BCUT2D eigenvalue weighted by molar-refractivity contribution is 5.74. The van der Waals surface area contributed by atoms with Gasteiger partial charge < -0.3 is 10.2 Å². The number of nitrogens with zero attached hydrogens (tertiary/aromatic N) is 1. The van der Waals surface area contributed by atoms with Gasteiger partial charge in [-0.05, 0) is 20.3 Å². The summed E-state index contributed by atoms with van der Waals surface area (Å²) in [6.07, 6.45) is 3.12. The van der Waals surface area contributed by atoms with Gasteiger partial charge in [-0.1, -0.05) is 11.6 Å². The number of amides is 2. The standard InChI is InChI=1S/C9H16N2O/c1-3-10-9(12)11-6-4-8(2)5-7-11/h4H,3,5-7H2,1-2H3,(H,10,12). The molecule has 12 heavy (non-hydrogen) atoms. The van der Waals surface area contributed by atoms with E-state index in [1.165, 1.54) is 5.57 Å². The van der Waals surface area contributed by atoms with Crippen LogP contribution < -0.4 is 5.32 Å². The third kappa shape index (κ3) is 2.26. The highest BCUT2D eigenvalue weighted by Crippen LogP contribution is 2.08. The van der Waals surface area contributed by atoms with Crippen LogP contribution in [0.15, 0.2) is 11.6 Å². The van der Waals surface area contributed by atoms with Crippen molar-refractivity contribution in [2.75, 3.05) is 19.6 Å². The van der Waals surface area contributed by atoms with E-state index in [9.17, 15) is 4.79 Å². The van der Waals surface area contributed by atoms with Gasteiger partial charge in [-0.25, -0.2) is 4.79 Å². The first-order chi connectivity index (χ1) is 5.74. The summed E-state index contributed by atoms with van der Waals surface area (Å²) in [5.41, 5.74) is 1.38. The number of carbonyl (C=O) groups excluding carboxylic acids is 1. The molecule has 1 heterocycles. The fourth-order valence-electron chi connectivity index (χ4n) is 1.22. The van der Waals surface area contributed by atoms with Crippen molar-refractivity contribution in [3.63, 3.8) is 0 Å². The fraction of sp³-hybridized carbons (Fsp3) is 0.667. The molecule has 0 aromatic heterocycles. The lowest BCUT2D eigenvalue weighted by atomic mass is 10.1. The third-order valence-corrected chi connectivity index (χ3v) is 2.05. The van der Waals surface area contributed by atoms with Gasteiger partial charge in [0.25, 0.3) is 0 Å². The number of nitrogens with one attached hydrogen (secondary N) is 1. The smallest absolute Gasteiger partial charge is 0.317 e. The van der Waals surface area contributed by atoms with E-state index in [0.717, 1.165) is 19.5 Å². The first-order valence-corrected chi connectivity index (χ1v) is 4.42. The maximum atomic E-state index is 11.3. The van der Waals surface area contributed by atoms with Gasteiger partial charge in [-0.2, -0.15) is 0 Å². The van der Waals surface area contributed by atoms with Gasteiger partial charge in [-0.3, -0.25) is 0 Å². The van der Waals surface area contributed by atoms with Crippen LogP contribution >= 0.6 is 0 Å². The summed E-state index contributed by atoms with van der Waals surface area (Å²) in [6.45, 7) is 6.36. The van der Waals surface area contributed by atoms with Gasteiger partial charge in [0.05, 0.1) is 0 Å². The zero-order valence-electron chi connectivity index (χ0n) is 7.76. The van der Waals surface area contributed by atoms with Crippen LogP contribution in [0, 0.1) is 0 Å². The molecule has 0 saturated heterocycles. The molecule has 3 heteroatoms. The minimum Gasteiger partial charge on any atom is -0.338 e. The highest BCUT2D eigenvalue weighted by atomic mass is 16.2. The molecular formula is C9H16N2O. The zero-order valence-corrected chi connectivity index (χ0v) is 7.76. The molecule has 3 nitrogen and oxygen atoms in total. The van der Waals surface area contributed by atoms with Gasteiger partial charge in [0.2, 0.25) is 0 Å². The maximum Gasteiger partial charge on any atom is 0.317 e. The molecule has 0 radical (unpaired) electrons. The van der Waals surface area contributed by atoms with Crippen molar-refractivity contribution in [3.8, 4) is 0 Å². The van der Waals surface area contributed by atoms with Crippen molar-refractivity contribution < 1.29 is 4.79 Å². The van der Waals surface area contributed by atoms with E-state index in [-0.39, 0.29) is 6.03 Å². The number of carbonyl (C=O) groups is 1. The van der Waals surface area contributed by atoms with E-state index in [1.807, 2.05) is 11.8 Å². The summed E-state index contributed by atoms with van der Waals surface area (Å²) in [7, 11) is 0. The minimum atomic E-state index is 0.0567. The summed E-state index contributed by atoms with van der Waals surface area (Å²) < 4.78 is 0. The van der Waals surface area contributed by atoms with E-state index < -0.39 is 0 Å². The monoisotopic (exact) mass is 168 g/mol. The molecule has 0 bridgehead atoms. The Labute approximate surface area is 73.4 Å². The van der Waals surface area contributed by atoms with Crippen molar-refractivity contribution in [2.45, 2.75) is 20.3 Å². The summed E-state index contributed by atoms with van der Waals surface area (Å²) in [5.74, 6) is 0. The Morgan fingerprint density at radius 1 is 1.75 bits per heavy atom. The topological polar surface area (TPSA) is 32.3 Å². The van der Waals surface area contributed by atoms with Crippen LogP contribution in [0.3, 0.4) is 0 Å². The summed E-state index contributed by atoms with van der Waals surface area (Å²) in [6, 6.07) is 0.0567. The Bertz CT molecular complexity index is 199. The molecule has 1 N–H and O–H groups in total. The van der Waals surface area contributed by atoms with Gasteiger partial charge in [-0.15, -0.1) is 0 Å². The number of hydrogen-bond donors (Lipinski definition) is 1. The molecule has 0 fully saturated rings. The van der Waals surface area contributed by atoms with Crippen LogP contribution in [-0.4, -0.2) is 30.6 Å². The number of rotatable bonds is 1. The molecule has 2 amide bonds. The molecule has 68 valence electrons. The summed E-state index contributed by atoms with van der Waals surface area (Å²) in [5, 5.41) is 2.79. The Kier molecular flexibility index (Phi) is 3.14. The van der Waals surface area contributed by atoms with Crippen molar-refractivity contribution in [1.29, 1.82) is 0 Å². The quantitative estimate of drug-likeness (QED) is 0.589. The molecular weight excluding hydrogens is 152 g/mol. The SMILES string of the molecule is CCNC(=O)N1CC=C(C)CC1. The van der Waals surface area contributed by atoms with Crippen LogP contribution in [0.1, 0.15) is 20.3 Å². The Balaban J connectivity index is 2.40. The van der Waals surface area contributed by atoms with Gasteiger partial charge in [0.15, 0.2) is 0 Å². The molecule has 0 aromatic carbocycles. The molecule has 0 aliphatic carbocycles. The fourth-order valence-corrected chi connectivity index (χ4v) is 1.22. The molecule has 1 aliphatic rings. The second-order valence-electron chi connectivity index (χ2n) is 3.08. The predicted molar refractivity (Wildman–Crippen MR) is 49.0 cm³/mol. The molecule has 0 saturated carbocycles. The van der Waals surface area contributed by atoms with E-state index >= 15 is 0 Å². The maximum absolute atomic E-state index is 11.3. The first-order valence-electron chi connectivity index (χ1n) is 4.42. The second-order valence-corrected chi connectivity index (χ2v) is 3.08. The largest absolute Gasteiger partial charge is 0.338 e. The zero-order chi connectivity index (χ0) is 8.97. The lowest BCUT2D eigenvalue weighted by Crippen LogP contribution is -2.41. The summed E-state index contributed by atoms with van der Waals surface area (Å²) >= 11 is 0. The van der Waals surface area contributed by atoms with Crippen molar-refractivity contribution >= 4 is 6.03 Å². The molecule has 0 spiro atoms. The van der Waals surface area contributed by atoms with Crippen LogP contribution in [0.25, 0.3) is 0 Å². The highest BCUT2D eigenvalue weighted by Gasteiger charge is 2.13. The number of urea groups is 1. The normalized spacial score (nSPS) is 17.2. The van der Waals surface area contributed by atoms with Gasteiger partial charge in [0.1, 0.15) is 0 Å². The summed E-state index contributed by atoms with van der Waals surface area (Å²) in [4.78, 5) is 13.1. The average Bonchev–Trinajstić information content (AvgIpc) is 2.06. The predicted octanol–water partition coefficient (Wildman–Crippen LogP) is 1.37. The van der Waals surface area contributed by atoms with Crippen molar-refractivity contribution in [1.82, 2.24) is 10.2 Å². The minimum absolute atomic E-state index is 0.0567. The van der Waals surface area contributed by atoms with Gasteiger partial charge >= 0.3 is 6.03 Å². The molecule has 1 aliphatic heterocycles. The van der Waals surface area contributed by atoms with E-state index in [1.54, 1.807) is 0 Å². The van der Waals surface area contributed by atoms with Crippen LogP contribution in [0.5, 0.6) is 0 Å². The lowest BCUT2D eigenvalue weighted by molar-refractivity contribution is 0.202. The lowest BCUT2D eigenvalue weighted by Gasteiger charge is -2.25. The Morgan fingerprint density at radius 3 is 3.00 bits per heavy atom. The Morgan fingerprint density at radius 2 is 2.50 bits per heavy atom. The van der Waals surface area contributed by atoms with E-state index in [4.69, 9.17) is 0 Å². The first kappa shape index (κ1) is 9.10. The third-order valence-electron chi connectivity index (χ3n) is 2.05. The molecule has 0 aromatic rings. The van der Waals surface area contributed by atoms with Crippen LogP contribution in [-0.2, 0) is 0 Å². The van der Waals surface area contributed by atoms with Gasteiger partial charge in [0, 0.05) is 19.6 Å². The average molecular weight is 168 g/mol. The second kappa shape index (κ2) is 4.14. The van der Waals surface area contributed by atoms with Crippen molar-refractivity contribution in [2.24, 2.45) is 0 Å². The molecule has 0 unspecified atom stereocenters. The van der Waals surface area contributed by atoms with Crippen LogP contribution in [0.2, 0.25) is 0 Å². The van der Waals surface area contributed by atoms with Crippen molar-refractivity contribution in [3.05, 3.63) is 11.6 Å². The van der Waals surface area contributed by atoms with E-state index in [2.05, 4.69) is 18.3 Å². The van der Waals surface area contributed by atoms with Crippen LogP contribution in [0.4, 0.5) is 4.79 Å².